The third kappa shape index (κ3) is 3.91. The molecule has 0 spiro atoms. The van der Waals surface area contributed by atoms with E-state index in [1.165, 1.54) is 29.1 Å². The Bertz CT molecular complexity index is 1160. The zero-order valence-electron chi connectivity index (χ0n) is 16.4. The van der Waals surface area contributed by atoms with Gasteiger partial charge in [0.05, 0.1) is 0 Å². The van der Waals surface area contributed by atoms with Gasteiger partial charge in [-0.2, -0.15) is 0 Å². The molecule has 0 radical (unpaired) electrons. The number of rotatable bonds is 5. The van der Waals surface area contributed by atoms with E-state index in [9.17, 15) is 4.39 Å². The summed E-state index contributed by atoms with van der Waals surface area (Å²) in [6, 6.07) is 32.0. The molecule has 2 nitrogen and oxygen atoms in total. The van der Waals surface area contributed by atoms with Crippen LogP contribution in [0.5, 0.6) is 0 Å². The van der Waals surface area contributed by atoms with E-state index < -0.39 is 0 Å². The molecule has 148 valence electrons. The molecular weight excluding hydrogens is 391 g/mol. The van der Waals surface area contributed by atoms with Crippen LogP contribution >= 0.6 is 11.9 Å². The average molecular weight is 413 g/mol. The number of nitrogens with one attached hydrogen (secondary N) is 1. The van der Waals surface area contributed by atoms with Gasteiger partial charge in [0.15, 0.2) is 0 Å². The normalized spacial score (nSPS) is 12.6. The van der Waals surface area contributed by atoms with Crippen molar-refractivity contribution in [1.29, 1.82) is 0 Å². The lowest BCUT2D eigenvalue weighted by Gasteiger charge is -2.20. The van der Waals surface area contributed by atoms with Crippen LogP contribution < -0.4 is 9.62 Å². The van der Waals surface area contributed by atoms with Crippen molar-refractivity contribution >= 4 is 29.0 Å². The summed E-state index contributed by atoms with van der Waals surface area (Å²) >= 11 is 1.59. The van der Waals surface area contributed by atoms with E-state index in [2.05, 4.69) is 82.4 Å². The molecule has 0 saturated carbocycles. The van der Waals surface area contributed by atoms with Gasteiger partial charge in [-0.25, -0.2) is 4.39 Å². The first-order chi connectivity index (χ1) is 14.8. The Labute approximate surface area is 180 Å². The molecule has 0 atom stereocenters. The smallest absolute Gasteiger partial charge is 0.123 e. The van der Waals surface area contributed by atoms with Crippen LogP contribution in [0.15, 0.2) is 102 Å². The summed E-state index contributed by atoms with van der Waals surface area (Å²) in [7, 11) is 0. The highest BCUT2D eigenvalue weighted by Gasteiger charge is 2.19. The second kappa shape index (κ2) is 8.25. The van der Waals surface area contributed by atoms with E-state index >= 15 is 0 Å². The number of halogens is 1. The summed E-state index contributed by atoms with van der Waals surface area (Å²) in [6.45, 7) is 1.01. The van der Waals surface area contributed by atoms with Crippen molar-refractivity contribution in [2.75, 3.05) is 16.2 Å². The summed E-state index contributed by atoms with van der Waals surface area (Å²) in [6.07, 6.45) is 1.09. The number of para-hydroxylation sites is 1. The summed E-state index contributed by atoms with van der Waals surface area (Å²) in [5.74, 6) is -0.213. The minimum Gasteiger partial charge on any atom is -0.341 e. The predicted molar refractivity (Wildman–Crippen MR) is 125 cm³/mol. The van der Waals surface area contributed by atoms with Gasteiger partial charge < -0.3 is 9.62 Å². The lowest BCUT2D eigenvalue weighted by atomic mass is 10.1. The fourth-order valence-electron chi connectivity index (χ4n) is 3.82. The highest BCUT2D eigenvalue weighted by molar-refractivity contribution is 8.00. The highest BCUT2D eigenvalue weighted by Crippen LogP contribution is 2.35. The largest absolute Gasteiger partial charge is 0.341 e. The first kappa shape index (κ1) is 18.8. The monoisotopic (exact) mass is 412 g/mol. The molecule has 4 aromatic rings. The van der Waals surface area contributed by atoms with Gasteiger partial charge in [0, 0.05) is 28.5 Å². The first-order valence-corrected chi connectivity index (χ1v) is 10.8. The Morgan fingerprint density at radius 2 is 1.50 bits per heavy atom. The second-order valence-electron chi connectivity index (χ2n) is 7.32. The minimum atomic E-state index is -0.213. The minimum absolute atomic E-state index is 0.213. The number of benzene rings is 4. The van der Waals surface area contributed by atoms with Crippen molar-refractivity contribution in [3.05, 3.63) is 108 Å². The molecule has 0 fully saturated rings. The van der Waals surface area contributed by atoms with Gasteiger partial charge in [0.2, 0.25) is 0 Å². The number of anilines is 3. The molecular formula is C26H21FN2S. The number of fused-ring (bicyclic) bond motifs is 1. The number of nitrogens with zero attached hydrogens (tertiary/aromatic N) is 1. The van der Waals surface area contributed by atoms with Crippen LogP contribution in [0.25, 0.3) is 11.1 Å². The standard InChI is InChI=1S/C26H21FN2S/c27-22-12-8-19(9-13-22)20-10-14-25(15-11-20)30-28-23-5-3-6-24(18-23)29-17-16-21-4-1-2-7-26(21)29/h1-15,18,28H,16-17H2. The molecule has 1 aliphatic heterocycles. The molecule has 0 amide bonds. The van der Waals surface area contributed by atoms with Gasteiger partial charge in [-0.15, -0.1) is 0 Å². The highest BCUT2D eigenvalue weighted by atomic mass is 32.2. The van der Waals surface area contributed by atoms with Crippen molar-refractivity contribution in [2.24, 2.45) is 0 Å². The van der Waals surface area contributed by atoms with Crippen molar-refractivity contribution in [3.8, 4) is 11.1 Å². The zero-order valence-corrected chi connectivity index (χ0v) is 17.2. The zero-order chi connectivity index (χ0) is 20.3. The van der Waals surface area contributed by atoms with Crippen molar-refractivity contribution in [3.63, 3.8) is 0 Å². The number of hydrogen-bond donors (Lipinski definition) is 1. The van der Waals surface area contributed by atoms with Gasteiger partial charge in [0.1, 0.15) is 5.82 Å². The Morgan fingerprint density at radius 3 is 2.30 bits per heavy atom. The Hall–Kier alpha value is -3.24. The second-order valence-corrected chi connectivity index (χ2v) is 8.20. The summed E-state index contributed by atoms with van der Waals surface area (Å²) < 4.78 is 16.6. The van der Waals surface area contributed by atoms with Gasteiger partial charge >= 0.3 is 0 Å². The van der Waals surface area contributed by atoms with Crippen molar-refractivity contribution < 1.29 is 4.39 Å². The Balaban J connectivity index is 1.27. The van der Waals surface area contributed by atoms with E-state index in [0.717, 1.165) is 34.7 Å². The molecule has 4 aromatic carbocycles. The van der Waals surface area contributed by atoms with Crippen LogP contribution in [-0.2, 0) is 6.42 Å². The Kier molecular flexibility index (Phi) is 5.16. The predicted octanol–water partition coefficient (Wildman–Crippen LogP) is 7.31. The molecule has 30 heavy (non-hydrogen) atoms. The fourth-order valence-corrected chi connectivity index (χ4v) is 4.45. The lowest BCUT2D eigenvalue weighted by Crippen LogP contribution is -2.13. The molecule has 0 aromatic heterocycles. The van der Waals surface area contributed by atoms with E-state index in [0.29, 0.717) is 0 Å². The van der Waals surface area contributed by atoms with Crippen LogP contribution in [-0.4, -0.2) is 6.54 Å². The van der Waals surface area contributed by atoms with Crippen LogP contribution in [0.3, 0.4) is 0 Å². The molecule has 1 N–H and O–H groups in total. The van der Waals surface area contributed by atoms with Gasteiger partial charge in [-0.3, -0.25) is 0 Å². The third-order valence-electron chi connectivity index (χ3n) is 5.36. The van der Waals surface area contributed by atoms with Crippen LogP contribution in [0.2, 0.25) is 0 Å². The van der Waals surface area contributed by atoms with E-state index in [1.807, 2.05) is 0 Å². The van der Waals surface area contributed by atoms with Crippen molar-refractivity contribution in [1.82, 2.24) is 0 Å². The van der Waals surface area contributed by atoms with Gasteiger partial charge in [-0.05, 0) is 83.6 Å². The summed E-state index contributed by atoms with van der Waals surface area (Å²) in [4.78, 5) is 3.50. The van der Waals surface area contributed by atoms with Crippen molar-refractivity contribution in [2.45, 2.75) is 11.3 Å². The Morgan fingerprint density at radius 1 is 0.767 bits per heavy atom. The molecule has 4 heteroatoms. The maximum absolute atomic E-state index is 13.1. The van der Waals surface area contributed by atoms with Gasteiger partial charge in [-0.1, -0.05) is 48.5 Å². The van der Waals surface area contributed by atoms with Crippen LogP contribution in [0.4, 0.5) is 21.5 Å². The molecule has 1 heterocycles. The topological polar surface area (TPSA) is 15.3 Å². The van der Waals surface area contributed by atoms with E-state index in [4.69, 9.17) is 0 Å². The maximum atomic E-state index is 13.1. The number of hydrogen-bond acceptors (Lipinski definition) is 3. The SMILES string of the molecule is Fc1ccc(-c2ccc(SNc3cccc(N4CCc5ccccc54)c3)cc2)cc1. The first-order valence-electron chi connectivity index (χ1n) is 10.0. The molecule has 0 unspecified atom stereocenters. The lowest BCUT2D eigenvalue weighted by molar-refractivity contribution is 0.628. The maximum Gasteiger partial charge on any atom is 0.123 e. The fraction of sp³-hybridized carbons (Fsp3) is 0.0769. The molecule has 0 saturated heterocycles. The average Bonchev–Trinajstić information content (AvgIpc) is 3.23. The van der Waals surface area contributed by atoms with Crippen LogP contribution in [0.1, 0.15) is 5.56 Å². The molecule has 5 rings (SSSR count). The van der Waals surface area contributed by atoms with Crippen LogP contribution in [0, 0.1) is 5.82 Å². The summed E-state index contributed by atoms with van der Waals surface area (Å²) in [5, 5.41) is 0. The van der Waals surface area contributed by atoms with E-state index in [1.54, 1.807) is 24.1 Å². The third-order valence-corrected chi connectivity index (χ3v) is 6.21. The molecule has 0 aliphatic carbocycles. The quantitative estimate of drug-likeness (QED) is 0.346. The molecule has 0 bridgehead atoms. The molecule has 1 aliphatic rings. The van der Waals surface area contributed by atoms with Gasteiger partial charge in [0.25, 0.3) is 0 Å². The summed E-state index contributed by atoms with van der Waals surface area (Å²) in [5.41, 5.74) is 7.08. The van der Waals surface area contributed by atoms with E-state index in [-0.39, 0.29) is 5.82 Å².